The molecule has 41 heavy (non-hydrogen) atoms. The van der Waals surface area contributed by atoms with Gasteiger partial charge in [0.1, 0.15) is 16.5 Å². The standard InChI is InChI=1S/C28H24ClN9O2S/c1-3-21-33-26(35-22-13-12-17(14-30-22)24(39)32-18-9-5-4-6-10-18)37-27(34-21)38-28-31-15-20(41-28)25(40)36-23-16(2)8-7-11-19(23)29/h4-15H,3H2,1-2H3,(H,32,39)(H,36,40)(H2,30,31,33,34,35,37,38). The maximum atomic E-state index is 12.8. The first-order valence-electron chi connectivity index (χ1n) is 12.5. The average molecular weight is 586 g/mol. The summed E-state index contributed by atoms with van der Waals surface area (Å²) in [5.41, 5.74) is 2.51. The molecule has 0 aliphatic rings. The third-order valence-electron chi connectivity index (χ3n) is 5.70. The Morgan fingerprint density at radius 3 is 2.32 bits per heavy atom. The van der Waals surface area contributed by atoms with Crippen LogP contribution in [0.5, 0.6) is 0 Å². The number of halogens is 1. The molecule has 5 aromatic rings. The van der Waals surface area contributed by atoms with E-state index in [0.29, 0.717) is 50.0 Å². The van der Waals surface area contributed by atoms with E-state index in [1.807, 2.05) is 56.3 Å². The normalized spacial score (nSPS) is 10.6. The summed E-state index contributed by atoms with van der Waals surface area (Å²) in [6.07, 6.45) is 3.49. The zero-order valence-corrected chi connectivity index (χ0v) is 23.5. The monoisotopic (exact) mass is 585 g/mol. The molecule has 0 saturated heterocycles. The lowest BCUT2D eigenvalue weighted by Crippen LogP contribution is -2.12. The largest absolute Gasteiger partial charge is 0.322 e. The zero-order chi connectivity index (χ0) is 28.8. The molecule has 13 heteroatoms. The van der Waals surface area contributed by atoms with E-state index in [4.69, 9.17) is 11.6 Å². The molecular formula is C28H24ClN9O2S. The van der Waals surface area contributed by atoms with Crippen LogP contribution in [-0.4, -0.2) is 36.7 Å². The Bertz CT molecular complexity index is 1670. The summed E-state index contributed by atoms with van der Waals surface area (Å²) in [7, 11) is 0. The Balaban J connectivity index is 1.26. The van der Waals surface area contributed by atoms with E-state index < -0.39 is 0 Å². The summed E-state index contributed by atoms with van der Waals surface area (Å²) < 4.78 is 0. The third kappa shape index (κ3) is 6.99. The van der Waals surface area contributed by atoms with Crippen molar-refractivity contribution in [1.82, 2.24) is 24.9 Å². The van der Waals surface area contributed by atoms with Crippen LogP contribution < -0.4 is 21.3 Å². The van der Waals surface area contributed by atoms with Gasteiger partial charge in [0.2, 0.25) is 11.9 Å². The van der Waals surface area contributed by atoms with Crippen molar-refractivity contribution in [2.75, 3.05) is 21.3 Å². The van der Waals surface area contributed by atoms with Crippen molar-refractivity contribution >= 4 is 69.0 Å². The van der Waals surface area contributed by atoms with Crippen molar-refractivity contribution in [3.63, 3.8) is 0 Å². The van der Waals surface area contributed by atoms with Gasteiger partial charge in [-0.05, 0) is 42.8 Å². The van der Waals surface area contributed by atoms with Gasteiger partial charge in [-0.1, -0.05) is 60.2 Å². The first-order chi connectivity index (χ1) is 19.9. The highest BCUT2D eigenvalue weighted by Crippen LogP contribution is 2.28. The van der Waals surface area contributed by atoms with E-state index >= 15 is 0 Å². The van der Waals surface area contributed by atoms with Crippen LogP contribution in [0.25, 0.3) is 0 Å². The van der Waals surface area contributed by atoms with Crippen LogP contribution in [0.2, 0.25) is 5.02 Å². The molecule has 0 radical (unpaired) electrons. The molecule has 4 N–H and O–H groups in total. The molecule has 0 fully saturated rings. The van der Waals surface area contributed by atoms with Crippen LogP contribution in [0, 0.1) is 6.92 Å². The van der Waals surface area contributed by atoms with E-state index in [1.54, 1.807) is 18.2 Å². The number of carbonyl (C=O) groups excluding carboxylic acids is 2. The molecule has 11 nitrogen and oxygen atoms in total. The molecule has 2 amide bonds. The van der Waals surface area contributed by atoms with E-state index in [9.17, 15) is 9.59 Å². The average Bonchev–Trinajstić information content (AvgIpc) is 3.44. The van der Waals surface area contributed by atoms with Gasteiger partial charge >= 0.3 is 0 Å². The maximum absolute atomic E-state index is 12.8. The highest BCUT2D eigenvalue weighted by atomic mass is 35.5. The SMILES string of the molecule is CCc1nc(Nc2ccc(C(=O)Nc3ccccc3)cn2)nc(Nc2ncc(C(=O)Nc3c(C)cccc3Cl)s2)n1. The van der Waals surface area contributed by atoms with Crippen LogP contribution in [0.1, 0.15) is 38.3 Å². The molecule has 0 bridgehead atoms. The van der Waals surface area contributed by atoms with Gasteiger partial charge in [-0.25, -0.2) is 9.97 Å². The minimum absolute atomic E-state index is 0.251. The molecule has 3 aromatic heterocycles. The number of benzene rings is 2. The van der Waals surface area contributed by atoms with Crippen molar-refractivity contribution in [2.45, 2.75) is 20.3 Å². The van der Waals surface area contributed by atoms with Crippen LogP contribution in [-0.2, 0) is 6.42 Å². The molecule has 0 aliphatic carbocycles. The van der Waals surface area contributed by atoms with Gasteiger partial charge in [0.25, 0.3) is 11.8 Å². The van der Waals surface area contributed by atoms with Crippen molar-refractivity contribution in [3.8, 4) is 0 Å². The fourth-order valence-electron chi connectivity index (χ4n) is 3.63. The topological polar surface area (TPSA) is 147 Å². The fraction of sp³-hybridized carbons (Fsp3) is 0.107. The second-order valence-electron chi connectivity index (χ2n) is 8.67. The Morgan fingerprint density at radius 1 is 0.829 bits per heavy atom. The summed E-state index contributed by atoms with van der Waals surface area (Å²) >= 11 is 7.38. The van der Waals surface area contributed by atoms with Gasteiger partial charge in [-0.2, -0.15) is 15.0 Å². The third-order valence-corrected chi connectivity index (χ3v) is 6.93. The molecule has 2 aromatic carbocycles. The minimum atomic E-state index is -0.328. The van der Waals surface area contributed by atoms with Gasteiger partial charge in [0.15, 0.2) is 5.13 Å². The number of rotatable bonds is 9. The van der Waals surface area contributed by atoms with Gasteiger partial charge in [0, 0.05) is 18.3 Å². The highest BCUT2D eigenvalue weighted by Gasteiger charge is 2.15. The molecule has 206 valence electrons. The summed E-state index contributed by atoms with van der Waals surface area (Å²) in [6, 6.07) is 17.9. The fourth-order valence-corrected chi connectivity index (χ4v) is 4.60. The lowest BCUT2D eigenvalue weighted by atomic mass is 10.2. The molecule has 0 spiro atoms. The second-order valence-corrected chi connectivity index (χ2v) is 10.1. The number of amides is 2. The maximum Gasteiger partial charge on any atom is 0.267 e. The molecule has 0 atom stereocenters. The van der Waals surface area contributed by atoms with Crippen LogP contribution in [0.15, 0.2) is 73.1 Å². The van der Waals surface area contributed by atoms with E-state index in [0.717, 1.165) is 16.9 Å². The summed E-state index contributed by atoms with van der Waals surface area (Å²) in [6.45, 7) is 3.79. The van der Waals surface area contributed by atoms with Crippen molar-refractivity contribution < 1.29 is 9.59 Å². The molecule has 5 rings (SSSR count). The number of hydrogen-bond donors (Lipinski definition) is 4. The first-order valence-corrected chi connectivity index (χ1v) is 13.7. The Kier molecular flexibility index (Phi) is 8.42. The number of aryl methyl sites for hydroxylation is 2. The smallest absolute Gasteiger partial charge is 0.267 e. The van der Waals surface area contributed by atoms with Crippen LogP contribution in [0.3, 0.4) is 0 Å². The van der Waals surface area contributed by atoms with E-state index in [1.165, 1.54) is 12.4 Å². The van der Waals surface area contributed by atoms with Crippen molar-refractivity contribution in [2.24, 2.45) is 0 Å². The number of hydrogen-bond acceptors (Lipinski definition) is 10. The summed E-state index contributed by atoms with van der Waals surface area (Å²) in [5, 5.41) is 12.6. The Morgan fingerprint density at radius 2 is 1.61 bits per heavy atom. The number of anilines is 6. The second kappa shape index (κ2) is 12.5. The summed E-state index contributed by atoms with van der Waals surface area (Å²) in [5.74, 6) is 0.897. The zero-order valence-electron chi connectivity index (χ0n) is 22.0. The first kappa shape index (κ1) is 27.6. The van der Waals surface area contributed by atoms with Gasteiger partial charge in [-0.3, -0.25) is 14.9 Å². The van der Waals surface area contributed by atoms with Gasteiger partial charge in [0.05, 0.1) is 22.5 Å². The molecule has 0 aliphatic heterocycles. The lowest BCUT2D eigenvalue weighted by molar-refractivity contribution is 0.102. The number of pyridine rings is 1. The number of aromatic nitrogens is 5. The predicted molar refractivity (Wildman–Crippen MR) is 161 cm³/mol. The molecule has 0 unspecified atom stereocenters. The van der Waals surface area contributed by atoms with Crippen molar-refractivity contribution in [1.29, 1.82) is 0 Å². The Hall–Kier alpha value is -4.94. The van der Waals surface area contributed by atoms with Gasteiger partial charge in [-0.15, -0.1) is 0 Å². The quantitative estimate of drug-likeness (QED) is 0.158. The predicted octanol–water partition coefficient (Wildman–Crippen LogP) is 6.24. The summed E-state index contributed by atoms with van der Waals surface area (Å²) in [4.78, 5) is 47.5. The van der Waals surface area contributed by atoms with E-state index in [-0.39, 0.29) is 23.7 Å². The highest BCUT2D eigenvalue weighted by molar-refractivity contribution is 7.17. The Labute approximate surface area is 244 Å². The molecule has 3 heterocycles. The number of nitrogens with zero attached hydrogens (tertiary/aromatic N) is 5. The molecule has 0 saturated carbocycles. The number of nitrogens with one attached hydrogen (secondary N) is 4. The number of para-hydroxylation sites is 2. The number of thiazole rings is 1. The number of carbonyl (C=O) groups is 2. The lowest BCUT2D eigenvalue weighted by Gasteiger charge is -2.09. The van der Waals surface area contributed by atoms with Crippen LogP contribution in [0.4, 0.5) is 34.2 Å². The van der Waals surface area contributed by atoms with Gasteiger partial charge < -0.3 is 16.0 Å². The molecular weight excluding hydrogens is 562 g/mol. The van der Waals surface area contributed by atoms with Crippen LogP contribution >= 0.6 is 22.9 Å². The minimum Gasteiger partial charge on any atom is -0.322 e. The van der Waals surface area contributed by atoms with E-state index in [2.05, 4.69) is 46.2 Å². The van der Waals surface area contributed by atoms with Crippen molar-refractivity contribution in [3.05, 3.63) is 99.9 Å².